The molecule has 0 aromatic rings. The van der Waals surface area contributed by atoms with Crippen molar-refractivity contribution in [2.75, 3.05) is 0 Å². The number of carbonyl (C=O) groups is 2. The Morgan fingerprint density at radius 3 is 1.50 bits per heavy atom. The van der Waals surface area contributed by atoms with Gasteiger partial charge in [0.1, 0.15) is 0 Å². The first-order valence-electron chi connectivity index (χ1n) is 4.80. The maximum Gasteiger partial charge on any atom is 0.306 e. The third-order valence-electron chi connectivity index (χ3n) is 2.05. The zero-order valence-electron chi connectivity index (χ0n) is 9.24. The molecule has 0 radical (unpaired) electrons. The van der Waals surface area contributed by atoms with E-state index in [1.807, 2.05) is 13.8 Å². The molecule has 2 unspecified atom stereocenters. The summed E-state index contributed by atoms with van der Waals surface area (Å²) in [7, 11) is 0. The number of carboxylic acid groups (broad SMARTS) is 2. The summed E-state index contributed by atoms with van der Waals surface area (Å²) in [5.41, 5.74) is 0. The van der Waals surface area contributed by atoms with Crippen molar-refractivity contribution in [3.8, 4) is 0 Å². The molecule has 1 N–H and O–H groups in total. The fourth-order valence-corrected chi connectivity index (χ4v) is 0.341. The first-order chi connectivity index (χ1) is 6.36. The number of carbonyl (C=O) groups excluding carboxylic acids is 1. The van der Waals surface area contributed by atoms with Crippen molar-refractivity contribution in [3.63, 3.8) is 0 Å². The van der Waals surface area contributed by atoms with Crippen LogP contribution in [0, 0.1) is 11.8 Å². The highest BCUT2D eigenvalue weighted by Gasteiger charge is 2.05. The second kappa shape index (κ2) is 8.53. The van der Waals surface area contributed by atoms with E-state index in [1.165, 1.54) is 0 Å². The van der Waals surface area contributed by atoms with Gasteiger partial charge in [0.25, 0.3) is 0 Å². The van der Waals surface area contributed by atoms with Crippen molar-refractivity contribution in [2.45, 2.75) is 40.5 Å². The third kappa shape index (κ3) is 9.03. The van der Waals surface area contributed by atoms with Gasteiger partial charge in [0.05, 0.1) is 5.92 Å². The maximum atomic E-state index is 9.93. The van der Waals surface area contributed by atoms with Crippen LogP contribution in [-0.4, -0.2) is 17.0 Å². The Morgan fingerprint density at radius 1 is 1.14 bits per heavy atom. The summed E-state index contributed by atoms with van der Waals surface area (Å²) in [5, 5.41) is 18.0. The lowest BCUT2D eigenvalue weighted by Crippen LogP contribution is -2.28. The van der Waals surface area contributed by atoms with Crippen LogP contribution in [0.4, 0.5) is 0 Å². The molecule has 0 saturated carbocycles. The van der Waals surface area contributed by atoms with Gasteiger partial charge in [-0.3, -0.25) is 4.79 Å². The minimum atomic E-state index is -0.956. The molecule has 4 heteroatoms. The van der Waals surface area contributed by atoms with Crippen LogP contribution in [0.2, 0.25) is 0 Å². The van der Waals surface area contributed by atoms with Gasteiger partial charge < -0.3 is 15.0 Å². The molecule has 0 spiro atoms. The topological polar surface area (TPSA) is 77.4 Å². The van der Waals surface area contributed by atoms with E-state index in [0.717, 1.165) is 6.42 Å². The Morgan fingerprint density at radius 2 is 1.50 bits per heavy atom. The monoisotopic (exact) mass is 203 g/mol. The lowest BCUT2D eigenvalue weighted by Gasteiger charge is -2.06. The van der Waals surface area contributed by atoms with Crippen LogP contribution >= 0.6 is 0 Å². The molecule has 0 aliphatic carbocycles. The number of carboxylic acids is 2. The number of hydrogen-bond acceptors (Lipinski definition) is 3. The van der Waals surface area contributed by atoms with Crippen LogP contribution < -0.4 is 5.11 Å². The molecule has 0 aliphatic heterocycles. The van der Waals surface area contributed by atoms with E-state index >= 15 is 0 Å². The van der Waals surface area contributed by atoms with Gasteiger partial charge in [-0.15, -0.1) is 0 Å². The summed E-state index contributed by atoms with van der Waals surface area (Å²) in [6, 6.07) is 0. The Bertz CT molecular complexity index is 157. The average Bonchev–Trinajstić information content (AvgIpc) is 2.15. The Kier molecular flexibility index (Phi) is 9.40. The van der Waals surface area contributed by atoms with Crippen LogP contribution in [0.5, 0.6) is 0 Å². The van der Waals surface area contributed by atoms with Crippen molar-refractivity contribution >= 4 is 11.9 Å². The van der Waals surface area contributed by atoms with E-state index in [0.29, 0.717) is 6.42 Å². The van der Waals surface area contributed by atoms with E-state index in [1.54, 1.807) is 13.8 Å². The molecule has 0 rings (SSSR count). The van der Waals surface area contributed by atoms with Gasteiger partial charge >= 0.3 is 5.97 Å². The summed E-state index contributed by atoms with van der Waals surface area (Å²) >= 11 is 0. The molecule has 0 amide bonds. The van der Waals surface area contributed by atoms with Gasteiger partial charge in [-0.1, -0.05) is 27.7 Å². The maximum absolute atomic E-state index is 9.93. The molecule has 4 nitrogen and oxygen atoms in total. The van der Waals surface area contributed by atoms with Gasteiger partial charge in [-0.2, -0.15) is 0 Å². The van der Waals surface area contributed by atoms with Crippen LogP contribution in [0.25, 0.3) is 0 Å². The van der Waals surface area contributed by atoms with E-state index in [-0.39, 0.29) is 11.8 Å². The summed E-state index contributed by atoms with van der Waals surface area (Å²) < 4.78 is 0. The molecule has 14 heavy (non-hydrogen) atoms. The molecule has 0 saturated heterocycles. The second-order valence-electron chi connectivity index (χ2n) is 3.28. The fourth-order valence-electron chi connectivity index (χ4n) is 0.341. The lowest BCUT2D eigenvalue weighted by atomic mass is 10.1. The molecule has 2 atom stereocenters. The molecular formula is C10H19O4-. The van der Waals surface area contributed by atoms with Crippen molar-refractivity contribution < 1.29 is 19.8 Å². The highest BCUT2D eigenvalue weighted by molar-refractivity contribution is 5.69. The quantitative estimate of drug-likeness (QED) is 0.736. The summed E-state index contributed by atoms with van der Waals surface area (Å²) in [6.07, 6.45) is 1.37. The normalized spacial score (nSPS) is 13.4. The molecular weight excluding hydrogens is 184 g/mol. The van der Waals surface area contributed by atoms with Gasteiger partial charge in [0.2, 0.25) is 0 Å². The van der Waals surface area contributed by atoms with E-state index in [4.69, 9.17) is 5.11 Å². The highest BCUT2D eigenvalue weighted by Crippen LogP contribution is 1.97. The molecule has 0 heterocycles. The second-order valence-corrected chi connectivity index (χ2v) is 3.28. The Labute approximate surface area is 84.9 Å². The zero-order chi connectivity index (χ0) is 11.7. The Hall–Kier alpha value is -1.06. The summed E-state index contributed by atoms with van der Waals surface area (Å²) in [6.45, 7) is 7.01. The average molecular weight is 203 g/mol. The van der Waals surface area contributed by atoms with Crippen molar-refractivity contribution in [1.29, 1.82) is 0 Å². The Balaban J connectivity index is 0. The molecule has 84 valence electrons. The standard InChI is InChI=1S/2C5H10O2/c2*1-3-4(2)5(6)7/h2*4H,3H2,1-2H3,(H,6,7)/p-1. The molecule has 0 aromatic heterocycles. The molecule has 0 aromatic carbocycles. The molecule has 0 fully saturated rings. The predicted molar refractivity (Wildman–Crippen MR) is 51.6 cm³/mol. The highest BCUT2D eigenvalue weighted by atomic mass is 16.4. The van der Waals surface area contributed by atoms with Gasteiger partial charge in [0.15, 0.2) is 0 Å². The number of rotatable bonds is 4. The van der Waals surface area contributed by atoms with Crippen molar-refractivity contribution in [3.05, 3.63) is 0 Å². The van der Waals surface area contributed by atoms with E-state index in [9.17, 15) is 14.7 Å². The first kappa shape index (κ1) is 15.4. The van der Waals surface area contributed by atoms with Crippen LogP contribution in [0.15, 0.2) is 0 Å². The zero-order valence-corrected chi connectivity index (χ0v) is 9.24. The van der Waals surface area contributed by atoms with Gasteiger partial charge in [-0.25, -0.2) is 0 Å². The lowest BCUT2D eigenvalue weighted by molar-refractivity contribution is -0.311. The number of hydrogen-bond donors (Lipinski definition) is 1. The minimum absolute atomic E-state index is 0.181. The van der Waals surface area contributed by atoms with E-state index < -0.39 is 11.9 Å². The smallest absolute Gasteiger partial charge is 0.306 e. The summed E-state index contributed by atoms with van der Waals surface area (Å²) in [5.74, 6) is -2.13. The largest absolute Gasteiger partial charge is 0.550 e. The third-order valence-corrected chi connectivity index (χ3v) is 2.05. The number of aliphatic carboxylic acids is 2. The fraction of sp³-hybridized carbons (Fsp3) is 0.800. The van der Waals surface area contributed by atoms with Gasteiger partial charge in [-0.05, 0) is 18.8 Å². The van der Waals surface area contributed by atoms with E-state index in [2.05, 4.69) is 0 Å². The van der Waals surface area contributed by atoms with Crippen LogP contribution in [-0.2, 0) is 9.59 Å². The minimum Gasteiger partial charge on any atom is -0.550 e. The first-order valence-corrected chi connectivity index (χ1v) is 4.80. The van der Waals surface area contributed by atoms with Crippen molar-refractivity contribution in [2.24, 2.45) is 11.8 Å². The molecule has 0 aliphatic rings. The summed E-state index contributed by atoms with van der Waals surface area (Å²) in [4.78, 5) is 19.7. The van der Waals surface area contributed by atoms with Crippen LogP contribution in [0.3, 0.4) is 0 Å². The van der Waals surface area contributed by atoms with Crippen molar-refractivity contribution in [1.82, 2.24) is 0 Å². The molecule has 0 bridgehead atoms. The SMILES string of the molecule is CCC(C)C(=O)O.CCC(C)C(=O)[O-]. The predicted octanol–water partition coefficient (Wildman–Crippen LogP) is 0.899. The van der Waals surface area contributed by atoms with Crippen LogP contribution in [0.1, 0.15) is 40.5 Å². The van der Waals surface area contributed by atoms with Gasteiger partial charge in [0, 0.05) is 5.97 Å².